The van der Waals surface area contributed by atoms with Crippen molar-refractivity contribution in [2.24, 2.45) is 0 Å². The Bertz CT molecular complexity index is 563. The molecule has 102 valence electrons. The van der Waals surface area contributed by atoms with E-state index in [2.05, 4.69) is 42.3 Å². The Morgan fingerprint density at radius 3 is 3.00 bits per heavy atom. The predicted molar refractivity (Wildman–Crippen MR) is 81.8 cm³/mol. The Hall–Kier alpha value is -0.700. The molecule has 0 aliphatic heterocycles. The fourth-order valence-corrected chi connectivity index (χ4v) is 3.32. The van der Waals surface area contributed by atoms with Crippen LogP contribution >= 0.6 is 43.2 Å². The average Bonchev–Trinajstić information content (AvgIpc) is 2.95. The number of amides is 1. The lowest BCUT2D eigenvalue weighted by Crippen LogP contribution is -2.09. The highest BCUT2D eigenvalue weighted by atomic mass is 79.9. The summed E-state index contributed by atoms with van der Waals surface area (Å²) in [5.41, 5.74) is 0.668. The molecule has 0 saturated heterocycles. The lowest BCUT2D eigenvalue weighted by molar-refractivity contribution is 0.103. The molecule has 0 unspecified atom stereocenters. The van der Waals surface area contributed by atoms with Gasteiger partial charge in [-0.25, -0.2) is 0 Å². The van der Waals surface area contributed by atoms with E-state index in [-0.39, 0.29) is 5.91 Å². The topological polar surface area (TPSA) is 56.1 Å². The summed E-state index contributed by atoms with van der Waals surface area (Å²) >= 11 is 8.09. The predicted octanol–water partition coefficient (Wildman–Crippen LogP) is 3.37. The van der Waals surface area contributed by atoms with E-state index >= 15 is 0 Å². The van der Waals surface area contributed by atoms with Gasteiger partial charge in [0.25, 0.3) is 5.91 Å². The second kappa shape index (κ2) is 6.65. The number of hydrogen-bond acceptors (Lipinski definition) is 4. The molecule has 2 aromatic rings. The van der Waals surface area contributed by atoms with Gasteiger partial charge in [-0.1, -0.05) is 0 Å². The van der Waals surface area contributed by atoms with Gasteiger partial charge in [-0.2, -0.15) is 5.10 Å². The number of anilines is 1. The third-order valence-electron chi connectivity index (χ3n) is 2.28. The zero-order valence-corrected chi connectivity index (χ0v) is 14.0. The summed E-state index contributed by atoms with van der Waals surface area (Å²) in [5, 5.41) is 6.93. The van der Waals surface area contributed by atoms with Crippen LogP contribution in [0.25, 0.3) is 0 Å². The maximum atomic E-state index is 12.0. The number of thiophene rings is 1. The Kier molecular flexibility index (Phi) is 5.14. The van der Waals surface area contributed by atoms with E-state index in [1.54, 1.807) is 30.3 Å². The molecule has 2 aromatic heterocycles. The lowest BCUT2D eigenvalue weighted by atomic mass is 10.4. The van der Waals surface area contributed by atoms with Crippen molar-refractivity contribution < 1.29 is 9.53 Å². The van der Waals surface area contributed by atoms with E-state index < -0.39 is 0 Å². The standard InChI is InChI=1S/C11H11Br2N3O2S/c1-18-3-2-16-6-7(5-14-16)15-11(17)9-4-8(12)10(13)19-9/h4-6H,2-3H2,1H3,(H,15,17). The fourth-order valence-electron chi connectivity index (χ4n) is 1.39. The van der Waals surface area contributed by atoms with Crippen LogP contribution in [-0.4, -0.2) is 29.4 Å². The van der Waals surface area contributed by atoms with E-state index in [1.165, 1.54) is 11.3 Å². The molecule has 0 bridgehead atoms. The number of hydrogen-bond donors (Lipinski definition) is 1. The van der Waals surface area contributed by atoms with Crippen molar-refractivity contribution in [1.29, 1.82) is 0 Å². The molecule has 0 radical (unpaired) electrons. The third kappa shape index (κ3) is 3.88. The number of carbonyl (C=O) groups is 1. The molecular formula is C11H11Br2N3O2S. The van der Waals surface area contributed by atoms with Crippen LogP contribution in [0.15, 0.2) is 26.7 Å². The summed E-state index contributed by atoms with van der Waals surface area (Å²) in [7, 11) is 1.64. The third-order valence-corrected chi connectivity index (χ3v) is 5.54. The van der Waals surface area contributed by atoms with Crippen molar-refractivity contribution in [1.82, 2.24) is 9.78 Å². The van der Waals surface area contributed by atoms with Crippen LogP contribution in [0, 0.1) is 0 Å². The van der Waals surface area contributed by atoms with E-state index in [0.717, 1.165) is 8.26 Å². The van der Waals surface area contributed by atoms with Gasteiger partial charge >= 0.3 is 0 Å². The summed E-state index contributed by atoms with van der Waals surface area (Å²) in [6.45, 7) is 1.24. The molecule has 0 aliphatic carbocycles. The van der Waals surface area contributed by atoms with Crippen LogP contribution in [0.2, 0.25) is 0 Å². The maximum absolute atomic E-state index is 12.0. The van der Waals surface area contributed by atoms with Crippen LogP contribution in [0.1, 0.15) is 9.67 Å². The number of nitrogens with zero attached hydrogens (tertiary/aromatic N) is 2. The molecule has 0 fully saturated rings. The van der Waals surface area contributed by atoms with Crippen molar-refractivity contribution >= 4 is 54.8 Å². The van der Waals surface area contributed by atoms with Gasteiger partial charge in [0, 0.05) is 17.8 Å². The minimum Gasteiger partial charge on any atom is -0.383 e. The second-order valence-corrected chi connectivity index (χ2v) is 6.90. The number of aromatic nitrogens is 2. The van der Waals surface area contributed by atoms with Gasteiger partial charge in [0.15, 0.2) is 0 Å². The molecule has 0 atom stereocenters. The van der Waals surface area contributed by atoms with Crippen molar-refractivity contribution in [2.45, 2.75) is 6.54 Å². The second-order valence-electron chi connectivity index (χ2n) is 3.67. The quantitative estimate of drug-likeness (QED) is 0.825. The normalized spacial score (nSPS) is 10.7. The molecule has 2 heterocycles. The molecule has 0 aliphatic rings. The Balaban J connectivity index is 2.00. The average molecular weight is 409 g/mol. The van der Waals surface area contributed by atoms with Gasteiger partial charge in [-0.3, -0.25) is 9.48 Å². The first-order valence-electron chi connectivity index (χ1n) is 5.37. The first-order chi connectivity index (χ1) is 9.10. The summed E-state index contributed by atoms with van der Waals surface area (Å²) in [5.74, 6) is -0.150. The monoisotopic (exact) mass is 407 g/mol. The summed E-state index contributed by atoms with van der Waals surface area (Å²) in [4.78, 5) is 12.6. The molecule has 0 saturated carbocycles. The van der Waals surface area contributed by atoms with Gasteiger partial charge in [-0.15, -0.1) is 11.3 Å². The Morgan fingerprint density at radius 1 is 1.58 bits per heavy atom. The number of methoxy groups -OCH3 is 1. The molecule has 1 amide bonds. The van der Waals surface area contributed by atoms with Crippen LogP contribution in [0.5, 0.6) is 0 Å². The van der Waals surface area contributed by atoms with Crippen LogP contribution in [-0.2, 0) is 11.3 Å². The van der Waals surface area contributed by atoms with Crippen LogP contribution < -0.4 is 5.32 Å². The Morgan fingerprint density at radius 2 is 2.37 bits per heavy atom. The van der Waals surface area contributed by atoms with Gasteiger partial charge in [0.05, 0.1) is 33.7 Å². The molecule has 0 spiro atoms. The van der Waals surface area contributed by atoms with E-state index in [4.69, 9.17) is 4.74 Å². The van der Waals surface area contributed by atoms with Crippen molar-refractivity contribution in [3.63, 3.8) is 0 Å². The van der Waals surface area contributed by atoms with Crippen molar-refractivity contribution in [3.05, 3.63) is 31.6 Å². The SMILES string of the molecule is COCCn1cc(NC(=O)c2cc(Br)c(Br)s2)cn1. The molecule has 2 rings (SSSR count). The largest absolute Gasteiger partial charge is 0.383 e. The number of nitrogens with one attached hydrogen (secondary N) is 1. The highest BCUT2D eigenvalue weighted by Crippen LogP contribution is 2.32. The smallest absolute Gasteiger partial charge is 0.265 e. The summed E-state index contributed by atoms with van der Waals surface area (Å²) in [6, 6.07) is 1.78. The highest BCUT2D eigenvalue weighted by molar-refractivity contribution is 9.13. The minimum atomic E-state index is -0.150. The summed E-state index contributed by atoms with van der Waals surface area (Å²) < 4.78 is 8.46. The molecule has 0 aromatic carbocycles. The first kappa shape index (κ1) is 14.7. The van der Waals surface area contributed by atoms with Crippen molar-refractivity contribution in [3.8, 4) is 0 Å². The maximum Gasteiger partial charge on any atom is 0.265 e. The first-order valence-corrected chi connectivity index (χ1v) is 7.78. The molecule has 5 nitrogen and oxygen atoms in total. The zero-order valence-electron chi connectivity index (χ0n) is 10.0. The van der Waals surface area contributed by atoms with Crippen LogP contribution in [0.3, 0.4) is 0 Å². The fraction of sp³-hybridized carbons (Fsp3) is 0.273. The molecule has 1 N–H and O–H groups in total. The molecule has 8 heteroatoms. The van der Waals surface area contributed by atoms with Gasteiger partial charge in [0.1, 0.15) is 0 Å². The van der Waals surface area contributed by atoms with Gasteiger partial charge < -0.3 is 10.1 Å². The number of halogens is 2. The van der Waals surface area contributed by atoms with Crippen molar-refractivity contribution in [2.75, 3.05) is 19.0 Å². The molecule has 19 heavy (non-hydrogen) atoms. The van der Waals surface area contributed by atoms with Crippen LogP contribution in [0.4, 0.5) is 5.69 Å². The van der Waals surface area contributed by atoms with E-state index in [9.17, 15) is 4.79 Å². The summed E-state index contributed by atoms with van der Waals surface area (Å²) in [6.07, 6.45) is 3.39. The zero-order chi connectivity index (χ0) is 13.8. The van der Waals surface area contributed by atoms with Gasteiger partial charge in [-0.05, 0) is 37.9 Å². The number of ether oxygens (including phenoxy) is 1. The minimum absolute atomic E-state index is 0.150. The highest BCUT2D eigenvalue weighted by Gasteiger charge is 2.12. The number of rotatable bonds is 5. The number of carbonyl (C=O) groups excluding carboxylic acids is 1. The Labute approximate surface area is 131 Å². The lowest BCUT2D eigenvalue weighted by Gasteiger charge is -2.00. The van der Waals surface area contributed by atoms with E-state index in [0.29, 0.717) is 23.7 Å². The molecular weight excluding hydrogens is 398 g/mol. The van der Waals surface area contributed by atoms with Gasteiger partial charge in [0.2, 0.25) is 0 Å². The van der Waals surface area contributed by atoms with E-state index in [1.807, 2.05) is 0 Å².